The minimum absolute atomic E-state index is 0.0556. The summed E-state index contributed by atoms with van der Waals surface area (Å²) in [5.74, 6) is -0.982. The van der Waals surface area contributed by atoms with Crippen LogP contribution in [0.5, 0.6) is 5.75 Å². The van der Waals surface area contributed by atoms with Gasteiger partial charge in [-0.15, -0.1) is 0 Å². The first-order valence-electron chi connectivity index (χ1n) is 5.64. The van der Waals surface area contributed by atoms with Crippen LogP contribution in [0.1, 0.15) is 26.3 Å². The van der Waals surface area contributed by atoms with Gasteiger partial charge in [0.15, 0.2) is 5.78 Å². The number of methoxy groups -OCH3 is 1. The number of carboxylic acids is 1. The number of ketones is 1. The Hall–Kier alpha value is -2.62. The molecule has 0 heterocycles. The van der Waals surface area contributed by atoms with Crippen LogP contribution >= 0.6 is 0 Å². The van der Waals surface area contributed by atoms with E-state index in [2.05, 4.69) is 0 Å². The molecular weight excluding hydrogens is 244 g/mol. The largest absolute Gasteiger partial charge is 0.496 e. The summed E-state index contributed by atoms with van der Waals surface area (Å²) in [6, 6.07) is 12.9. The summed E-state index contributed by atoms with van der Waals surface area (Å²) in [4.78, 5) is 23.3. The number of ether oxygens (including phenoxy) is 1. The molecule has 0 saturated carbocycles. The highest BCUT2D eigenvalue weighted by Crippen LogP contribution is 2.23. The Morgan fingerprint density at radius 1 is 1.00 bits per heavy atom. The van der Waals surface area contributed by atoms with E-state index in [1.807, 2.05) is 6.07 Å². The number of carbonyl (C=O) groups excluding carboxylic acids is 1. The molecule has 96 valence electrons. The molecule has 4 nitrogen and oxygen atoms in total. The van der Waals surface area contributed by atoms with Gasteiger partial charge in [-0.25, -0.2) is 4.79 Å². The lowest BCUT2D eigenvalue weighted by molar-refractivity contribution is 0.0697. The predicted molar refractivity (Wildman–Crippen MR) is 69.8 cm³/mol. The molecule has 0 radical (unpaired) electrons. The lowest BCUT2D eigenvalue weighted by atomic mass is 10.0. The normalized spacial score (nSPS) is 9.95. The zero-order valence-electron chi connectivity index (χ0n) is 10.3. The van der Waals surface area contributed by atoms with Crippen LogP contribution in [0.2, 0.25) is 0 Å². The van der Waals surface area contributed by atoms with E-state index in [0.717, 1.165) is 0 Å². The molecule has 2 aromatic rings. The highest BCUT2D eigenvalue weighted by Gasteiger charge is 2.16. The van der Waals surface area contributed by atoms with Gasteiger partial charge in [-0.2, -0.15) is 0 Å². The highest BCUT2D eigenvalue weighted by molar-refractivity contribution is 6.11. The molecule has 0 saturated heterocycles. The van der Waals surface area contributed by atoms with Crippen molar-refractivity contribution in [1.29, 1.82) is 0 Å². The Morgan fingerprint density at radius 2 is 1.68 bits per heavy atom. The summed E-state index contributed by atoms with van der Waals surface area (Å²) in [7, 11) is 1.44. The number of carbonyl (C=O) groups is 2. The average molecular weight is 256 g/mol. The van der Waals surface area contributed by atoms with Crippen molar-refractivity contribution in [2.24, 2.45) is 0 Å². The number of hydrogen-bond donors (Lipinski definition) is 1. The Bertz CT molecular complexity index is 617. The van der Waals surface area contributed by atoms with Crippen LogP contribution < -0.4 is 4.74 Å². The van der Waals surface area contributed by atoms with Crippen LogP contribution in [0.15, 0.2) is 48.5 Å². The first kappa shape index (κ1) is 12.8. The van der Waals surface area contributed by atoms with E-state index in [-0.39, 0.29) is 16.9 Å². The molecule has 0 atom stereocenters. The summed E-state index contributed by atoms with van der Waals surface area (Å²) in [6.07, 6.45) is 0. The van der Waals surface area contributed by atoms with Crippen molar-refractivity contribution in [2.75, 3.05) is 7.11 Å². The molecule has 4 heteroatoms. The molecule has 1 N–H and O–H groups in total. The van der Waals surface area contributed by atoms with Crippen molar-refractivity contribution in [1.82, 2.24) is 0 Å². The molecule has 0 aromatic heterocycles. The molecule has 0 aliphatic heterocycles. The zero-order valence-corrected chi connectivity index (χ0v) is 10.3. The first-order valence-corrected chi connectivity index (χ1v) is 5.64. The molecule has 0 amide bonds. The predicted octanol–water partition coefficient (Wildman–Crippen LogP) is 2.62. The highest BCUT2D eigenvalue weighted by atomic mass is 16.5. The molecule has 2 aromatic carbocycles. The van der Waals surface area contributed by atoms with Crippen LogP contribution in [0, 0.1) is 0 Å². The van der Waals surface area contributed by atoms with Crippen LogP contribution in [0.4, 0.5) is 0 Å². The second kappa shape index (κ2) is 5.35. The van der Waals surface area contributed by atoms with Crippen molar-refractivity contribution in [3.8, 4) is 5.75 Å². The molecule has 0 fully saturated rings. The quantitative estimate of drug-likeness (QED) is 0.854. The van der Waals surface area contributed by atoms with Crippen LogP contribution in [-0.2, 0) is 0 Å². The van der Waals surface area contributed by atoms with Gasteiger partial charge < -0.3 is 9.84 Å². The zero-order chi connectivity index (χ0) is 13.8. The lowest BCUT2D eigenvalue weighted by Gasteiger charge is -2.08. The minimum Gasteiger partial charge on any atom is -0.496 e. The van der Waals surface area contributed by atoms with Crippen LogP contribution in [0.25, 0.3) is 0 Å². The number of aromatic carboxylic acids is 1. The second-order valence-corrected chi connectivity index (χ2v) is 3.92. The van der Waals surface area contributed by atoms with Crippen LogP contribution in [0.3, 0.4) is 0 Å². The van der Waals surface area contributed by atoms with E-state index >= 15 is 0 Å². The number of hydrogen-bond acceptors (Lipinski definition) is 3. The van der Waals surface area contributed by atoms with Gasteiger partial charge in [-0.3, -0.25) is 4.79 Å². The molecule has 2 rings (SSSR count). The molecule has 0 aliphatic carbocycles. The second-order valence-electron chi connectivity index (χ2n) is 3.92. The van der Waals surface area contributed by atoms with E-state index in [1.165, 1.54) is 25.3 Å². The maximum atomic E-state index is 12.3. The minimum atomic E-state index is -1.08. The Labute approximate surface area is 110 Å². The van der Waals surface area contributed by atoms with E-state index in [9.17, 15) is 9.59 Å². The maximum absolute atomic E-state index is 12.3. The summed E-state index contributed by atoms with van der Waals surface area (Å²) in [5.41, 5.74) is 0.789. The SMILES string of the molecule is COc1ccc(C(=O)O)cc1C(=O)c1ccccc1. The molecular formula is C15H12O4. The third kappa shape index (κ3) is 2.63. The van der Waals surface area contributed by atoms with Crippen molar-refractivity contribution in [2.45, 2.75) is 0 Å². The van der Waals surface area contributed by atoms with E-state index in [4.69, 9.17) is 9.84 Å². The van der Waals surface area contributed by atoms with Gasteiger partial charge in [-0.1, -0.05) is 30.3 Å². The Kier molecular flexibility index (Phi) is 3.61. The van der Waals surface area contributed by atoms with Gasteiger partial charge >= 0.3 is 5.97 Å². The summed E-state index contributed by atoms with van der Waals surface area (Å²) in [6.45, 7) is 0. The summed E-state index contributed by atoms with van der Waals surface area (Å²) in [5, 5.41) is 8.97. The Morgan fingerprint density at radius 3 is 2.26 bits per heavy atom. The molecule has 19 heavy (non-hydrogen) atoms. The lowest BCUT2D eigenvalue weighted by Crippen LogP contribution is -2.06. The van der Waals surface area contributed by atoms with E-state index < -0.39 is 5.97 Å². The number of carboxylic acid groups (broad SMARTS) is 1. The van der Waals surface area contributed by atoms with Crippen molar-refractivity contribution in [3.05, 3.63) is 65.2 Å². The third-order valence-electron chi connectivity index (χ3n) is 2.73. The van der Waals surface area contributed by atoms with E-state index in [1.54, 1.807) is 24.3 Å². The number of rotatable bonds is 4. The van der Waals surface area contributed by atoms with Gasteiger partial charge in [0.2, 0.25) is 0 Å². The van der Waals surface area contributed by atoms with Crippen LogP contribution in [-0.4, -0.2) is 24.0 Å². The molecule has 0 unspecified atom stereocenters. The van der Waals surface area contributed by atoms with Gasteiger partial charge in [0.1, 0.15) is 5.75 Å². The van der Waals surface area contributed by atoms with Gasteiger partial charge in [-0.05, 0) is 18.2 Å². The fourth-order valence-electron chi connectivity index (χ4n) is 1.76. The summed E-state index contributed by atoms with van der Waals surface area (Å²) < 4.78 is 5.11. The standard InChI is InChI=1S/C15H12O4/c1-19-13-8-7-11(15(17)18)9-12(13)14(16)10-5-3-2-4-6-10/h2-9H,1H3,(H,17,18). The van der Waals surface area contributed by atoms with Crippen molar-refractivity contribution < 1.29 is 19.4 Å². The fraction of sp³-hybridized carbons (Fsp3) is 0.0667. The molecule has 0 aliphatic rings. The number of benzene rings is 2. The molecule has 0 spiro atoms. The van der Waals surface area contributed by atoms with Crippen molar-refractivity contribution in [3.63, 3.8) is 0 Å². The monoisotopic (exact) mass is 256 g/mol. The summed E-state index contributed by atoms with van der Waals surface area (Å²) >= 11 is 0. The maximum Gasteiger partial charge on any atom is 0.335 e. The molecule has 0 bridgehead atoms. The van der Waals surface area contributed by atoms with Gasteiger partial charge in [0.05, 0.1) is 18.2 Å². The Balaban J connectivity index is 2.51. The topological polar surface area (TPSA) is 63.6 Å². The van der Waals surface area contributed by atoms with E-state index in [0.29, 0.717) is 11.3 Å². The average Bonchev–Trinajstić information content (AvgIpc) is 2.46. The first-order chi connectivity index (χ1) is 9.13. The smallest absolute Gasteiger partial charge is 0.335 e. The van der Waals surface area contributed by atoms with Gasteiger partial charge in [0.25, 0.3) is 0 Å². The fourth-order valence-corrected chi connectivity index (χ4v) is 1.76. The van der Waals surface area contributed by atoms with Crippen molar-refractivity contribution >= 4 is 11.8 Å². The van der Waals surface area contributed by atoms with Gasteiger partial charge in [0, 0.05) is 5.56 Å². The third-order valence-corrected chi connectivity index (χ3v) is 2.73.